The number of rotatable bonds is 0. The predicted molar refractivity (Wildman–Crippen MR) is 164 cm³/mol. The Morgan fingerprint density at radius 1 is 0.400 bits per heavy atom. The van der Waals surface area contributed by atoms with Crippen LogP contribution in [-0.2, 0) is 0 Å². The van der Waals surface area contributed by atoms with Gasteiger partial charge in [0.25, 0.3) is 0 Å². The van der Waals surface area contributed by atoms with E-state index in [9.17, 15) is 0 Å². The third-order valence-electron chi connectivity index (χ3n) is 7.01. The molecule has 12 heteroatoms. The third kappa shape index (κ3) is 3.59. The van der Waals surface area contributed by atoms with Crippen LogP contribution in [0, 0.1) is 0 Å². The normalized spacial score (nSPS) is 15.2. The largest absolute Gasteiger partial charge is 0.323 e. The highest BCUT2D eigenvalue weighted by Gasteiger charge is 2.26. The Kier molecular flexibility index (Phi) is 5.32. The SMILES string of the molecule is c1ccc2c(c1)-c1nc-2nc2[nH]c(nc3nc(nc4[nH]c(n1)c1c4SCCS1)-c1ccccc1-3)c1c2SCCS1. The van der Waals surface area contributed by atoms with Gasteiger partial charge < -0.3 is 9.97 Å². The Bertz CT molecular complexity index is 1770. The van der Waals surface area contributed by atoms with Gasteiger partial charge >= 0.3 is 0 Å². The van der Waals surface area contributed by atoms with E-state index < -0.39 is 0 Å². The Morgan fingerprint density at radius 2 is 0.675 bits per heavy atom. The van der Waals surface area contributed by atoms with E-state index in [4.69, 9.17) is 29.9 Å². The molecule has 8 nitrogen and oxygen atoms in total. The van der Waals surface area contributed by atoms with Gasteiger partial charge in [-0.15, -0.1) is 47.0 Å². The van der Waals surface area contributed by atoms with Gasteiger partial charge in [0.2, 0.25) is 0 Å². The Balaban J connectivity index is 1.46. The summed E-state index contributed by atoms with van der Waals surface area (Å²) < 4.78 is 0. The topological polar surface area (TPSA) is 109 Å². The predicted octanol–water partition coefficient (Wildman–Crippen LogP) is 6.96. The summed E-state index contributed by atoms with van der Waals surface area (Å²) in [5.41, 5.74) is 7.00. The Morgan fingerprint density at radius 3 is 0.950 bits per heavy atom. The number of nitrogens with one attached hydrogen (secondary N) is 2. The van der Waals surface area contributed by atoms with Crippen molar-refractivity contribution in [1.29, 1.82) is 0 Å². The molecule has 5 aromatic rings. The van der Waals surface area contributed by atoms with Gasteiger partial charge in [-0.2, -0.15) is 0 Å². The van der Waals surface area contributed by atoms with Crippen LogP contribution >= 0.6 is 47.0 Å². The van der Waals surface area contributed by atoms with Crippen molar-refractivity contribution in [1.82, 2.24) is 39.9 Å². The fourth-order valence-electron chi connectivity index (χ4n) is 5.26. The van der Waals surface area contributed by atoms with Crippen LogP contribution in [0.1, 0.15) is 0 Å². The minimum absolute atomic E-state index is 0.653. The maximum atomic E-state index is 5.08. The van der Waals surface area contributed by atoms with Crippen molar-refractivity contribution in [2.75, 3.05) is 23.0 Å². The molecule has 0 radical (unpaired) electrons. The molecule has 8 bridgehead atoms. The molecule has 9 rings (SSSR count). The molecule has 0 saturated heterocycles. The van der Waals surface area contributed by atoms with Crippen molar-refractivity contribution in [3.8, 4) is 45.6 Å². The summed E-state index contributed by atoms with van der Waals surface area (Å²) in [5, 5.41) is 0. The lowest BCUT2D eigenvalue weighted by atomic mass is 10.1. The van der Waals surface area contributed by atoms with Gasteiger partial charge in [-0.05, 0) is 0 Å². The molecule has 2 N–H and O–H groups in total. The zero-order valence-corrected chi connectivity index (χ0v) is 24.0. The molecule has 0 unspecified atom stereocenters. The van der Waals surface area contributed by atoms with Crippen LogP contribution in [-0.4, -0.2) is 62.9 Å². The first-order valence-electron chi connectivity index (χ1n) is 12.8. The number of hydrogen-bond donors (Lipinski definition) is 2. The molecular formula is C28H18N8S4. The van der Waals surface area contributed by atoms with E-state index in [1.165, 1.54) is 0 Å². The zero-order valence-electron chi connectivity index (χ0n) is 20.8. The number of benzene rings is 2. The van der Waals surface area contributed by atoms with Gasteiger partial charge in [0.1, 0.15) is 22.6 Å². The molecule has 7 heterocycles. The summed E-state index contributed by atoms with van der Waals surface area (Å²) in [6.45, 7) is 0. The van der Waals surface area contributed by atoms with Crippen LogP contribution < -0.4 is 0 Å². The van der Waals surface area contributed by atoms with Crippen molar-refractivity contribution in [3.63, 3.8) is 0 Å². The number of thioether (sulfide) groups is 4. The van der Waals surface area contributed by atoms with Gasteiger partial charge in [-0.25, -0.2) is 29.9 Å². The first kappa shape index (κ1) is 23.4. The van der Waals surface area contributed by atoms with E-state index in [1.54, 1.807) is 0 Å². The summed E-state index contributed by atoms with van der Waals surface area (Å²) in [6.07, 6.45) is 0. The zero-order chi connectivity index (χ0) is 26.2. The second-order valence-corrected chi connectivity index (χ2v) is 13.8. The number of aromatic amines is 2. The Labute approximate surface area is 245 Å². The molecule has 0 saturated carbocycles. The summed E-state index contributed by atoms with van der Waals surface area (Å²) in [4.78, 5) is 41.7. The first-order chi connectivity index (χ1) is 19.8. The van der Waals surface area contributed by atoms with E-state index in [-0.39, 0.29) is 0 Å². The molecule has 0 spiro atoms. The molecule has 2 aromatic carbocycles. The van der Waals surface area contributed by atoms with Crippen LogP contribution in [0.3, 0.4) is 0 Å². The average Bonchev–Trinajstić information content (AvgIpc) is 3.73. The summed E-state index contributed by atoms with van der Waals surface area (Å²) in [5.74, 6) is 6.68. The fraction of sp³-hybridized carbons (Fsp3) is 0.143. The van der Waals surface area contributed by atoms with Crippen LogP contribution in [0.25, 0.3) is 68.1 Å². The highest BCUT2D eigenvalue weighted by Crippen LogP contribution is 2.44. The maximum Gasteiger partial charge on any atom is 0.164 e. The molecule has 4 aliphatic rings. The van der Waals surface area contributed by atoms with Gasteiger partial charge in [0.05, 0.1) is 19.6 Å². The standard InChI is InChI=1S/C28H18N8S4/c1-2-6-14-13(5-1)21-29-22(14)32-26-19-20(40-12-11-39-19)28(36-26)34-24-16-8-4-3-7-15(16)23(30-24)33-27-18-17(25(31-21)35-27)37-9-10-38-18/h1-8H,9-12H2,(H2,29,30,31,32,33,34,35,36). The average molecular weight is 595 g/mol. The molecule has 0 fully saturated rings. The highest BCUT2D eigenvalue weighted by molar-refractivity contribution is 8.06. The lowest BCUT2D eigenvalue weighted by molar-refractivity contribution is 1.18. The Hall–Kier alpha value is -3.32. The smallest absolute Gasteiger partial charge is 0.164 e. The first-order valence-corrected chi connectivity index (χ1v) is 16.8. The third-order valence-corrected chi connectivity index (χ3v) is 12.2. The van der Waals surface area contributed by atoms with E-state index in [0.29, 0.717) is 23.3 Å². The summed E-state index contributed by atoms with van der Waals surface area (Å²) in [7, 11) is 0. The molecule has 3 aromatic heterocycles. The quantitative estimate of drug-likeness (QED) is 0.191. The molecule has 0 aliphatic carbocycles. The van der Waals surface area contributed by atoms with Gasteiger partial charge in [-0.1, -0.05) is 48.5 Å². The van der Waals surface area contributed by atoms with Crippen molar-refractivity contribution >= 4 is 69.6 Å². The number of aromatic nitrogens is 8. The van der Waals surface area contributed by atoms with E-state index in [2.05, 4.69) is 34.2 Å². The van der Waals surface area contributed by atoms with Crippen molar-refractivity contribution in [3.05, 3.63) is 48.5 Å². The molecule has 4 aliphatic heterocycles. The van der Waals surface area contributed by atoms with Crippen LogP contribution in [0.5, 0.6) is 0 Å². The van der Waals surface area contributed by atoms with E-state index >= 15 is 0 Å². The van der Waals surface area contributed by atoms with Crippen molar-refractivity contribution in [2.24, 2.45) is 0 Å². The molecular weight excluding hydrogens is 577 g/mol. The molecule has 194 valence electrons. The molecule has 40 heavy (non-hydrogen) atoms. The number of hydrogen-bond acceptors (Lipinski definition) is 10. The van der Waals surface area contributed by atoms with E-state index in [0.717, 1.165) is 87.4 Å². The second-order valence-electron chi connectivity index (χ2n) is 9.41. The maximum absolute atomic E-state index is 5.08. The molecule has 0 amide bonds. The van der Waals surface area contributed by atoms with Crippen LogP contribution in [0.4, 0.5) is 0 Å². The number of nitrogens with zero attached hydrogens (tertiary/aromatic N) is 6. The van der Waals surface area contributed by atoms with Crippen LogP contribution in [0.15, 0.2) is 68.1 Å². The lowest BCUT2D eigenvalue weighted by Gasteiger charge is -2.09. The van der Waals surface area contributed by atoms with Gasteiger partial charge in [0, 0.05) is 45.3 Å². The minimum atomic E-state index is 0.653. The van der Waals surface area contributed by atoms with Gasteiger partial charge in [0.15, 0.2) is 23.3 Å². The lowest BCUT2D eigenvalue weighted by Crippen LogP contribution is -1.92. The van der Waals surface area contributed by atoms with Crippen molar-refractivity contribution in [2.45, 2.75) is 19.6 Å². The van der Waals surface area contributed by atoms with E-state index in [1.807, 2.05) is 71.3 Å². The fourth-order valence-corrected chi connectivity index (χ4v) is 9.96. The molecule has 0 atom stereocenters. The monoisotopic (exact) mass is 594 g/mol. The van der Waals surface area contributed by atoms with Crippen molar-refractivity contribution < 1.29 is 0 Å². The van der Waals surface area contributed by atoms with Gasteiger partial charge in [-0.3, -0.25) is 0 Å². The number of H-pyrrole nitrogens is 2. The number of fused-ring (bicyclic) bond motifs is 20. The minimum Gasteiger partial charge on any atom is -0.323 e. The highest BCUT2D eigenvalue weighted by atomic mass is 32.2. The second kappa shape index (κ2) is 9.10. The van der Waals surface area contributed by atoms with Crippen LogP contribution in [0.2, 0.25) is 0 Å². The summed E-state index contributed by atoms with van der Waals surface area (Å²) in [6, 6.07) is 16.3. The summed E-state index contributed by atoms with van der Waals surface area (Å²) >= 11 is 7.24.